The van der Waals surface area contributed by atoms with E-state index in [1.807, 2.05) is 0 Å². The van der Waals surface area contributed by atoms with Crippen molar-refractivity contribution in [1.29, 1.82) is 0 Å². The molecule has 26 heavy (non-hydrogen) atoms. The molecule has 0 fully saturated rings. The van der Waals surface area contributed by atoms with Crippen molar-refractivity contribution in [2.75, 3.05) is 5.32 Å². The maximum Gasteiger partial charge on any atom is 0.354 e. The summed E-state index contributed by atoms with van der Waals surface area (Å²) in [7, 11) is 0. The van der Waals surface area contributed by atoms with Crippen LogP contribution in [-0.2, 0) is 6.54 Å². The maximum absolute atomic E-state index is 13.7. The van der Waals surface area contributed by atoms with Crippen molar-refractivity contribution >= 4 is 11.9 Å². The van der Waals surface area contributed by atoms with E-state index < -0.39 is 41.3 Å². The Labute approximate surface area is 144 Å². The number of nitrogens with zero attached hydrogens (tertiary/aromatic N) is 2. The molecular weight excluding hydrogens is 354 g/mol. The number of hydrogen-bond acceptors (Lipinski definition) is 3. The summed E-state index contributed by atoms with van der Waals surface area (Å²) in [6, 6.07) is 6.32. The Bertz CT molecular complexity index is 971. The van der Waals surface area contributed by atoms with Gasteiger partial charge in [0.25, 0.3) is 0 Å². The fraction of sp³-hybridized carbons (Fsp3) is 0.0588. The molecule has 0 atom stereocenters. The van der Waals surface area contributed by atoms with Crippen LogP contribution in [0.1, 0.15) is 16.1 Å². The zero-order valence-corrected chi connectivity index (χ0v) is 13.0. The van der Waals surface area contributed by atoms with Crippen LogP contribution in [0, 0.1) is 23.3 Å². The lowest BCUT2D eigenvalue weighted by atomic mass is 10.2. The number of carboxylic acid groups (broad SMARTS) is 1. The normalized spacial score (nSPS) is 10.8. The van der Waals surface area contributed by atoms with Crippen LogP contribution in [0.4, 0.5) is 23.5 Å². The number of anilines is 1. The summed E-state index contributed by atoms with van der Waals surface area (Å²) in [6.45, 7) is -0.479. The Kier molecular flexibility index (Phi) is 4.61. The highest BCUT2D eigenvalue weighted by Gasteiger charge is 2.19. The van der Waals surface area contributed by atoms with E-state index in [0.29, 0.717) is 6.07 Å². The summed E-state index contributed by atoms with van der Waals surface area (Å²) in [4.78, 5) is 15.2. The largest absolute Gasteiger partial charge is 0.477 e. The fourth-order valence-electron chi connectivity index (χ4n) is 2.38. The highest BCUT2D eigenvalue weighted by Crippen LogP contribution is 2.22. The van der Waals surface area contributed by atoms with Gasteiger partial charge in [0.1, 0.15) is 11.6 Å². The van der Waals surface area contributed by atoms with Crippen molar-refractivity contribution in [2.45, 2.75) is 6.54 Å². The van der Waals surface area contributed by atoms with Gasteiger partial charge in [-0.3, -0.25) is 4.57 Å². The highest BCUT2D eigenvalue weighted by molar-refractivity contribution is 5.87. The molecule has 0 aliphatic carbocycles. The molecule has 1 aromatic heterocycles. The van der Waals surface area contributed by atoms with Crippen molar-refractivity contribution in [1.82, 2.24) is 9.55 Å². The SMILES string of the molecule is O=C(O)c1cnc(NCc2c(F)ccc(F)c2F)n1-c1ccc(F)cc1. The molecule has 134 valence electrons. The molecule has 0 radical (unpaired) electrons. The monoisotopic (exact) mass is 365 g/mol. The van der Waals surface area contributed by atoms with Gasteiger partial charge >= 0.3 is 5.97 Å². The zero-order chi connectivity index (χ0) is 18.8. The summed E-state index contributed by atoms with van der Waals surface area (Å²) in [5, 5.41) is 11.8. The lowest BCUT2D eigenvalue weighted by molar-refractivity contribution is 0.0688. The van der Waals surface area contributed by atoms with Crippen molar-refractivity contribution in [3.05, 3.63) is 77.1 Å². The molecule has 0 amide bonds. The smallest absolute Gasteiger partial charge is 0.354 e. The molecule has 5 nitrogen and oxygen atoms in total. The second kappa shape index (κ2) is 6.87. The Morgan fingerprint density at radius 1 is 1.04 bits per heavy atom. The van der Waals surface area contributed by atoms with Gasteiger partial charge in [-0.25, -0.2) is 27.3 Å². The Hall–Kier alpha value is -3.36. The van der Waals surface area contributed by atoms with Gasteiger partial charge < -0.3 is 10.4 Å². The van der Waals surface area contributed by atoms with Crippen LogP contribution in [0.25, 0.3) is 5.69 Å². The molecule has 0 aliphatic rings. The summed E-state index contributed by atoms with van der Waals surface area (Å²) in [6.07, 6.45) is 1.03. The van der Waals surface area contributed by atoms with Gasteiger partial charge in [-0.05, 0) is 36.4 Å². The van der Waals surface area contributed by atoms with Crippen LogP contribution in [-0.4, -0.2) is 20.6 Å². The molecule has 0 bridgehead atoms. The third-order valence-electron chi connectivity index (χ3n) is 3.63. The Morgan fingerprint density at radius 2 is 1.69 bits per heavy atom. The topological polar surface area (TPSA) is 67.2 Å². The third-order valence-corrected chi connectivity index (χ3v) is 3.63. The van der Waals surface area contributed by atoms with Crippen molar-refractivity contribution in [3.8, 4) is 5.69 Å². The standard InChI is InChI=1S/C17H11F4N3O2/c18-9-1-3-10(4-2-9)24-14(16(25)26)8-23-17(24)22-7-11-12(19)5-6-13(20)15(11)21/h1-6,8H,7H2,(H,22,23)(H,25,26). The van der Waals surface area contributed by atoms with Gasteiger partial charge in [-0.2, -0.15) is 0 Å². The van der Waals surface area contributed by atoms with Gasteiger partial charge in [-0.1, -0.05) is 0 Å². The lowest BCUT2D eigenvalue weighted by Gasteiger charge is -2.12. The second-order valence-electron chi connectivity index (χ2n) is 5.26. The van der Waals surface area contributed by atoms with Crippen LogP contribution in [0.5, 0.6) is 0 Å². The number of benzene rings is 2. The Balaban J connectivity index is 1.98. The molecule has 0 spiro atoms. The van der Waals surface area contributed by atoms with Crippen molar-refractivity contribution in [3.63, 3.8) is 0 Å². The number of nitrogens with one attached hydrogen (secondary N) is 1. The average Bonchev–Trinajstić information content (AvgIpc) is 3.03. The first-order chi connectivity index (χ1) is 12.4. The number of halogens is 4. The first-order valence-electron chi connectivity index (χ1n) is 7.31. The number of hydrogen-bond donors (Lipinski definition) is 2. The maximum atomic E-state index is 13.7. The fourth-order valence-corrected chi connectivity index (χ4v) is 2.38. The molecule has 0 aliphatic heterocycles. The van der Waals surface area contributed by atoms with Crippen LogP contribution < -0.4 is 5.32 Å². The van der Waals surface area contributed by atoms with E-state index in [1.54, 1.807) is 0 Å². The predicted molar refractivity (Wildman–Crippen MR) is 84.1 cm³/mol. The van der Waals surface area contributed by atoms with Gasteiger partial charge in [0, 0.05) is 17.8 Å². The number of rotatable bonds is 5. The van der Waals surface area contributed by atoms with Gasteiger partial charge in [0.05, 0.1) is 6.20 Å². The van der Waals surface area contributed by atoms with Crippen molar-refractivity contribution in [2.24, 2.45) is 0 Å². The molecule has 0 saturated carbocycles. The molecule has 0 unspecified atom stereocenters. The molecule has 2 N–H and O–H groups in total. The van der Waals surface area contributed by atoms with E-state index in [1.165, 1.54) is 12.1 Å². The molecule has 2 aromatic carbocycles. The molecule has 3 rings (SSSR count). The van der Waals surface area contributed by atoms with Gasteiger partial charge in [0.15, 0.2) is 17.3 Å². The average molecular weight is 365 g/mol. The lowest BCUT2D eigenvalue weighted by Crippen LogP contribution is -2.13. The second-order valence-corrected chi connectivity index (χ2v) is 5.26. The minimum Gasteiger partial charge on any atom is -0.477 e. The summed E-state index contributed by atoms with van der Waals surface area (Å²) in [5.41, 5.74) is -0.543. The zero-order valence-electron chi connectivity index (χ0n) is 13.0. The first kappa shape index (κ1) is 17.5. The molecule has 9 heteroatoms. The van der Waals surface area contributed by atoms with Crippen LogP contribution in [0.3, 0.4) is 0 Å². The molecule has 3 aromatic rings. The van der Waals surface area contributed by atoms with E-state index >= 15 is 0 Å². The van der Waals surface area contributed by atoms with Crippen LogP contribution in [0.15, 0.2) is 42.6 Å². The van der Waals surface area contributed by atoms with Gasteiger partial charge in [-0.15, -0.1) is 0 Å². The van der Waals surface area contributed by atoms with E-state index in [2.05, 4.69) is 10.3 Å². The summed E-state index contributed by atoms with van der Waals surface area (Å²) >= 11 is 0. The highest BCUT2D eigenvalue weighted by atomic mass is 19.2. The minimum absolute atomic E-state index is 0.0583. The summed E-state index contributed by atoms with van der Waals surface area (Å²) in [5.74, 6) is -5.42. The molecule has 1 heterocycles. The minimum atomic E-state index is -1.35. The summed E-state index contributed by atoms with van der Waals surface area (Å²) < 4.78 is 55.0. The number of imidazole rings is 1. The van der Waals surface area contributed by atoms with E-state index in [-0.39, 0.29) is 17.3 Å². The third kappa shape index (κ3) is 3.23. The number of carboxylic acids is 1. The number of aromatic carboxylic acids is 1. The van der Waals surface area contributed by atoms with Crippen LogP contribution >= 0.6 is 0 Å². The Morgan fingerprint density at radius 3 is 2.35 bits per heavy atom. The van der Waals surface area contributed by atoms with E-state index in [9.17, 15) is 27.5 Å². The van der Waals surface area contributed by atoms with E-state index in [0.717, 1.165) is 29.0 Å². The van der Waals surface area contributed by atoms with Crippen LogP contribution in [0.2, 0.25) is 0 Å². The molecule has 0 saturated heterocycles. The van der Waals surface area contributed by atoms with Crippen molar-refractivity contribution < 1.29 is 27.5 Å². The van der Waals surface area contributed by atoms with E-state index in [4.69, 9.17) is 0 Å². The molecular formula is C17H11F4N3O2. The van der Waals surface area contributed by atoms with Gasteiger partial charge in [0.2, 0.25) is 5.95 Å². The number of aromatic nitrogens is 2. The predicted octanol–water partition coefficient (Wildman–Crippen LogP) is 3.74. The number of carbonyl (C=O) groups is 1. The quantitative estimate of drug-likeness (QED) is 0.534. The first-order valence-corrected chi connectivity index (χ1v) is 7.31.